The summed E-state index contributed by atoms with van der Waals surface area (Å²) in [5.74, 6) is 4.93. The fraction of sp³-hybridized carbons (Fsp3) is 0.188. The Morgan fingerprint density at radius 2 is 2.14 bits per heavy atom. The zero-order valence-corrected chi connectivity index (χ0v) is 11.3. The number of pyridine rings is 1. The Morgan fingerprint density at radius 3 is 2.90 bits per heavy atom. The second-order valence-electron chi connectivity index (χ2n) is 4.22. The van der Waals surface area contributed by atoms with Crippen molar-refractivity contribution in [3.05, 3.63) is 64.3 Å². The van der Waals surface area contributed by atoms with Gasteiger partial charge in [0.2, 0.25) is 0 Å². The largest absolute Gasteiger partial charge is 0.492 e. The molecule has 0 bridgehead atoms. The highest BCUT2D eigenvalue weighted by atomic mass is 19.1. The molecule has 0 radical (unpaired) electrons. The molecular formula is C16H14FNO3. The number of hydrogen-bond donors (Lipinski definition) is 1. The summed E-state index contributed by atoms with van der Waals surface area (Å²) in [6, 6.07) is 8.98. The molecule has 0 saturated heterocycles. The fourth-order valence-corrected chi connectivity index (χ4v) is 1.77. The van der Waals surface area contributed by atoms with Crippen molar-refractivity contribution in [2.24, 2.45) is 0 Å². The smallest absolute Gasteiger partial charge is 0.250 e. The Balaban J connectivity index is 2.02. The van der Waals surface area contributed by atoms with Crippen LogP contribution in [0.5, 0.6) is 5.75 Å². The van der Waals surface area contributed by atoms with Crippen LogP contribution in [0.25, 0.3) is 0 Å². The molecule has 0 aliphatic heterocycles. The Hall–Kier alpha value is -2.58. The fourth-order valence-electron chi connectivity index (χ4n) is 1.77. The van der Waals surface area contributed by atoms with Crippen LogP contribution in [0.1, 0.15) is 5.56 Å². The lowest BCUT2D eigenvalue weighted by Gasteiger charge is -2.08. The number of nitrogens with zero attached hydrogens (tertiary/aromatic N) is 1. The molecule has 1 N–H and O–H groups in total. The lowest BCUT2D eigenvalue weighted by Crippen LogP contribution is -2.21. The molecule has 1 aromatic heterocycles. The van der Waals surface area contributed by atoms with Crippen molar-refractivity contribution in [2.45, 2.75) is 6.54 Å². The van der Waals surface area contributed by atoms with Crippen molar-refractivity contribution >= 4 is 0 Å². The highest BCUT2D eigenvalue weighted by Gasteiger charge is 2.01. The zero-order chi connectivity index (χ0) is 15.1. The van der Waals surface area contributed by atoms with Crippen LogP contribution in [0, 0.1) is 17.7 Å². The first-order chi connectivity index (χ1) is 10.2. The molecule has 4 nitrogen and oxygen atoms in total. The number of rotatable bonds is 4. The summed E-state index contributed by atoms with van der Waals surface area (Å²) >= 11 is 0. The van der Waals surface area contributed by atoms with E-state index in [0.29, 0.717) is 17.9 Å². The minimum absolute atomic E-state index is 0.116. The number of aliphatic hydroxyl groups excluding tert-OH is 1. The van der Waals surface area contributed by atoms with E-state index < -0.39 is 5.82 Å². The minimum Gasteiger partial charge on any atom is -0.492 e. The number of ether oxygens (including phenoxy) is 1. The van der Waals surface area contributed by atoms with E-state index >= 15 is 0 Å². The first kappa shape index (κ1) is 14.8. The Kier molecular flexibility index (Phi) is 5.13. The topological polar surface area (TPSA) is 51.5 Å². The van der Waals surface area contributed by atoms with Crippen molar-refractivity contribution in [2.75, 3.05) is 13.2 Å². The molecule has 2 aromatic rings. The van der Waals surface area contributed by atoms with Gasteiger partial charge in [0.05, 0.1) is 6.54 Å². The van der Waals surface area contributed by atoms with E-state index in [0.717, 1.165) is 0 Å². The van der Waals surface area contributed by atoms with E-state index in [-0.39, 0.29) is 18.8 Å². The maximum Gasteiger partial charge on any atom is 0.250 e. The molecule has 21 heavy (non-hydrogen) atoms. The van der Waals surface area contributed by atoms with Crippen LogP contribution in [0.4, 0.5) is 4.39 Å². The monoisotopic (exact) mass is 287 g/mol. The standard InChI is InChI=1S/C16H14FNO3/c17-14-10-13(4-3-8-19)11-15(12-14)21-9-7-18-6-2-1-5-16(18)20/h1-2,5-6,10-12,19H,7-9H2. The Morgan fingerprint density at radius 1 is 1.29 bits per heavy atom. The van der Waals surface area contributed by atoms with Crippen LogP contribution in [0.2, 0.25) is 0 Å². The molecule has 0 atom stereocenters. The molecule has 108 valence electrons. The molecule has 0 amide bonds. The predicted octanol–water partition coefficient (Wildman–Crippen LogP) is 1.41. The summed E-state index contributed by atoms with van der Waals surface area (Å²) in [6.07, 6.45) is 1.66. The van der Waals surface area contributed by atoms with Crippen LogP contribution in [-0.4, -0.2) is 22.9 Å². The highest BCUT2D eigenvalue weighted by Crippen LogP contribution is 2.15. The third kappa shape index (κ3) is 4.48. The van der Waals surface area contributed by atoms with Gasteiger partial charge in [0.25, 0.3) is 5.56 Å². The second kappa shape index (κ2) is 7.27. The van der Waals surface area contributed by atoms with Gasteiger partial charge in [0.1, 0.15) is 24.8 Å². The SMILES string of the molecule is O=c1ccccn1CCOc1cc(F)cc(C#CCO)c1. The summed E-state index contributed by atoms with van der Waals surface area (Å²) in [6.45, 7) is 0.317. The van der Waals surface area contributed by atoms with Crippen molar-refractivity contribution in [1.29, 1.82) is 0 Å². The summed E-state index contributed by atoms with van der Waals surface area (Å²) in [4.78, 5) is 11.5. The van der Waals surface area contributed by atoms with E-state index in [9.17, 15) is 9.18 Å². The number of benzene rings is 1. The van der Waals surface area contributed by atoms with Gasteiger partial charge >= 0.3 is 0 Å². The van der Waals surface area contributed by atoms with Crippen LogP contribution in [0.3, 0.4) is 0 Å². The summed E-state index contributed by atoms with van der Waals surface area (Å²) < 4.78 is 20.3. The van der Waals surface area contributed by atoms with Crippen molar-refractivity contribution in [3.63, 3.8) is 0 Å². The maximum atomic E-state index is 13.4. The van der Waals surface area contributed by atoms with Crippen LogP contribution in [0.15, 0.2) is 47.4 Å². The third-order valence-electron chi connectivity index (χ3n) is 2.68. The van der Waals surface area contributed by atoms with Crippen molar-refractivity contribution < 1.29 is 14.2 Å². The summed E-state index contributed by atoms with van der Waals surface area (Å²) in [5, 5.41) is 8.63. The molecule has 0 fully saturated rings. The van der Waals surface area contributed by atoms with E-state index in [1.807, 2.05) is 0 Å². The van der Waals surface area contributed by atoms with Gasteiger partial charge in [0, 0.05) is 23.9 Å². The van der Waals surface area contributed by atoms with E-state index in [1.54, 1.807) is 24.4 Å². The third-order valence-corrected chi connectivity index (χ3v) is 2.68. The molecule has 1 heterocycles. The molecular weight excluding hydrogens is 273 g/mol. The van der Waals surface area contributed by atoms with Crippen LogP contribution < -0.4 is 10.3 Å². The van der Waals surface area contributed by atoms with Crippen molar-refractivity contribution in [1.82, 2.24) is 4.57 Å². The van der Waals surface area contributed by atoms with E-state index in [4.69, 9.17) is 9.84 Å². The highest BCUT2D eigenvalue weighted by molar-refractivity contribution is 5.40. The van der Waals surface area contributed by atoms with Gasteiger partial charge in [-0.2, -0.15) is 0 Å². The number of aromatic nitrogens is 1. The number of halogens is 1. The van der Waals surface area contributed by atoms with Gasteiger partial charge in [-0.15, -0.1) is 0 Å². The molecule has 0 aliphatic carbocycles. The molecule has 2 rings (SSSR count). The molecule has 0 unspecified atom stereocenters. The molecule has 5 heteroatoms. The molecule has 0 spiro atoms. The number of aliphatic hydroxyl groups is 1. The van der Waals surface area contributed by atoms with Crippen molar-refractivity contribution in [3.8, 4) is 17.6 Å². The lowest BCUT2D eigenvalue weighted by atomic mass is 10.2. The van der Waals surface area contributed by atoms with Crippen LogP contribution >= 0.6 is 0 Å². The van der Waals surface area contributed by atoms with Gasteiger partial charge in [-0.3, -0.25) is 4.79 Å². The summed E-state index contributed by atoms with van der Waals surface area (Å²) in [7, 11) is 0. The first-order valence-corrected chi connectivity index (χ1v) is 6.37. The van der Waals surface area contributed by atoms with Gasteiger partial charge in [-0.25, -0.2) is 4.39 Å². The van der Waals surface area contributed by atoms with Gasteiger partial charge in [-0.05, 0) is 18.2 Å². The van der Waals surface area contributed by atoms with E-state index in [2.05, 4.69) is 11.8 Å². The number of hydrogen-bond acceptors (Lipinski definition) is 3. The first-order valence-electron chi connectivity index (χ1n) is 6.37. The van der Waals surface area contributed by atoms with Gasteiger partial charge < -0.3 is 14.4 Å². The minimum atomic E-state index is -0.466. The lowest BCUT2D eigenvalue weighted by molar-refractivity contribution is 0.295. The average Bonchev–Trinajstić information content (AvgIpc) is 2.47. The maximum absolute atomic E-state index is 13.4. The zero-order valence-electron chi connectivity index (χ0n) is 11.3. The molecule has 0 aliphatic rings. The van der Waals surface area contributed by atoms with Crippen LogP contribution in [-0.2, 0) is 6.54 Å². The Bertz CT molecular complexity index is 728. The quantitative estimate of drug-likeness (QED) is 0.865. The normalized spacial score (nSPS) is 9.81. The molecule has 0 saturated carbocycles. The van der Waals surface area contributed by atoms with Gasteiger partial charge in [-0.1, -0.05) is 17.9 Å². The van der Waals surface area contributed by atoms with Gasteiger partial charge in [0.15, 0.2) is 0 Å². The average molecular weight is 287 g/mol. The molecule has 1 aromatic carbocycles. The van der Waals surface area contributed by atoms with E-state index in [1.165, 1.54) is 22.8 Å². The second-order valence-corrected chi connectivity index (χ2v) is 4.22. The predicted molar refractivity (Wildman–Crippen MR) is 76.6 cm³/mol. The summed E-state index contributed by atoms with van der Waals surface area (Å²) in [5.41, 5.74) is 0.311. The Labute approximate surface area is 121 Å².